The molecule has 0 amide bonds. The maximum Gasteiger partial charge on any atom is 0.162 e. The number of nitrogens with two attached hydrogens (primary N) is 1. The van der Waals surface area contributed by atoms with Gasteiger partial charge in [-0.15, -0.1) is 10.2 Å². The van der Waals surface area contributed by atoms with Crippen molar-refractivity contribution in [1.29, 1.82) is 0 Å². The van der Waals surface area contributed by atoms with Crippen molar-refractivity contribution in [2.24, 2.45) is 5.84 Å². The number of ether oxygens (including phenoxy) is 1. The smallest absolute Gasteiger partial charge is 0.162 e. The second-order valence-corrected chi connectivity index (χ2v) is 3.63. The third kappa shape index (κ3) is 2.34. The zero-order valence-electron chi connectivity index (χ0n) is 9.77. The van der Waals surface area contributed by atoms with Gasteiger partial charge in [-0.05, 0) is 42.8 Å². The highest BCUT2D eigenvalue weighted by Crippen LogP contribution is 2.23. The van der Waals surface area contributed by atoms with Crippen LogP contribution in [-0.2, 0) is 0 Å². The Kier molecular flexibility index (Phi) is 3.20. The predicted octanol–water partition coefficient (Wildman–Crippen LogP) is 1.75. The van der Waals surface area contributed by atoms with Crippen molar-refractivity contribution >= 4 is 5.82 Å². The van der Waals surface area contributed by atoms with Gasteiger partial charge in [-0.2, -0.15) is 0 Å². The molecular formula is C12H14N4O. The van der Waals surface area contributed by atoms with Gasteiger partial charge in [0.15, 0.2) is 5.82 Å². The van der Waals surface area contributed by atoms with Crippen molar-refractivity contribution in [3.05, 3.63) is 35.9 Å². The van der Waals surface area contributed by atoms with Crippen LogP contribution < -0.4 is 16.0 Å². The van der Waals surface area contributed by atoms with Crippen molar-refractivity contribution in [1.82, 2.24) is 10.2 Å². The number of methoxy groups -OCH3 is 1. The lowest BCUT2D eigenvalue weighted by molar-refractivity contribution is 0.415. The Hall–Kier alpha value is -2.14. The zero-order chi connectivity index (χ0) is 12.3. The lowest BCUT2D eigenvalue weighted by atomic mass is 10.1. The summed E-state index contributed by atoms with van der Waals surface area (Å²) >= 11 is 0. The van der Waals surface area contributed by atoms with Crippen molar-refractivity contribution < 1.29 is 4.74 Å². The van der Waals surface area contributed by atoms with Crippen LogP contribution in [0.2, 0.25) is 0 Å². The first-order valence-corrected chi connectivity index (χ1v) is 5.20. The Labute approximate surface area is 99.6 Å². The van der Waals surface area contributed by atoms with Crippen molar-refractivity contribution in [2.75, 3.05) is 12.5 Å². The van der Waals surface area contributed by atoms with Crippen molar-refractivity contribution in [3.8, 4) is 17.0 Å². The molecule has 1 heterocycles. The molecule has 1 aromatic heterocycles. The molecule has 0 saturated carbocycles. The van der Waals surface area contributed by atoms with Gasteiger partial charge >= 0.3 is 0 Å². The third-order valence-electron chi connectivity index (χ3n) is 2.50. The van der Waals surface area contributed by atoms with E-state index in [9.17, 15) is 0 Å². The Morgan fingerprint density at radius 1 is 1.18 bits per heavy atom. The summed E-state index contributed by atoms with van der Waals surface area (Å²) < 4.78 is 5.11. The Morgan fingerprint density at radius 2 is 1.88 bits per heavy atom. The highest BCUT2D eigenvalue weighted by molar-refractivity contribution is 5.64. The van der Waals surface area contributed by atoms with Gasteiger partial charge in [0.05, 0.1) is 12.8 Å². The minimum atomic E-state index is 0.555. The molecule has 0 atom stereocenters. The van der Waals surface area contributed by atoms with Gasteiger partial charge in [-0.3, -0.25) is 0 Å². The van der Waals surface area contributed by atoms with E-state index >= 15 is 0 Å². The monoisotopic (exact) mass is 230 g/mol. The fourth-order valence-corrected chi connectivity index (χ4v) is 1.59. The number of hydrogen-bond acceptors (Lipinski definition) is 5. The zero-order valence-corrected chi connectivity index (χ0v) is 9.77. The average molecular weight is 230 g/mol. The van der Waals surface area contributed by atoms with Crippen molar-refractivity contribution in [3.63, 3.8) is 0 Å². The molecule has 5 heteroatoms. The number of anilines is 1. The molecule has 0 radical (unpaired) electrons. The van der Waals surface area contributed by atoms with Gasteiger partial charge in [0.1, 0.15) is 5.75 Å². The van der Waals surface area contributed by atoms with E-state index < -0.39 is 0 Å². The van der Waals surface area contributed by atoms with E-state index in [0.29, 0.717) is 5.82 Å². The predicted molar refractivity (Wildman–Crippen MR) is 66.6 cm³/mol. The molecule has 0 fully saturated rings. The van der Waals surface area contributed by atoms with E-state index in [-0.39, 0.29) is 0 Å². The summed E-state index contributed by atoms with van der Waals surface area (Å²) in [6.45, 7) is 1.97. The summed E-state index contributed by atoms with van der Waals surface area (Å²) in [7, 11) is 1.64. The highest BCUT2D eigenvalue weighted by Gasteiger charge is 2.05. The molecule has 3 N–H and O–H groups in total. The van der Waals surface area contributed by atoms with Crippen LogP contribution in [0.3, 0.4) is 0 Å². The number of rotatable bonds is 3. The van der Waals surface area contributed by atoms with Crippen LogP contribution in [-0.4, -0.2) is 17.3 Å². The maximum atomic E-state index is 5.28. The quantitative estimate of drug-likeness (QED) is 0.620. The van der Waals surface area contributed by atoms with Crippen LogP contribution in [0, 0.1) is 6.92 Å². The molecule has 0 bridgehead atoms. The number of benzene rings is 1. The second kappa shape index (κ2) is 4.80. The van der Waals surface area contributed by atoms with Crippen LogP contribution in [0.5, 0.6) is 5.75 Å². The van der Waals surface area contributed by atoms with Gasteiger partial charge in [-0.25, -0.2) is 5.84 Å². The average Bonchev–Trinajstić information content (AvgIpc) is 2.39. The van der Waals surface area contributed by atoms with Gasteiger partial charge in [-0.1, -0.05) is 0 Å². The molecule has 1 aromatic carbocycles. The van der Waals surface area contributed by atoms with Crippen LogP contribution in [0.1, 0.15) is 5.56 Å². The molecule has 5 nitrogen and oxygen atoms in total. The number of nitrogens with zero attached hydrogens (tertiary/aromatic N) is 2. The Morgan fingerprint density at radius 3 is 2.41 bits per heavy atom. The van der Waals surface area contributed by atoms with Crippen LogP contribution in [0.4, 0.5) is 5.82 Å². The number of aryl methyl sites for hydroxylation is 1. The minimum absolute atomic E-state index is 0.555. The summed E-state index contributed by atoms with van der Waals surface area (Å²) in [6, 6.07) is 9.54. The first-order chi connectivity index (χ1) is 8.24. The van der Waals surface area contributed by atoms with E-state index in [2.05, 4.69) is 15.6 Å². The molecule has 88 valence electrons. The molecule has 2 rings (SSSR count). The topological polar surface area (TPSA) is 73.1 Å². The molecule has 17 heavy (non-hydrogen) atoms. The number of hydrazine groups is 1. The Bertz CT molecular complexity index is 510. The minimum Gasteiger partial charge on any atom is -0.497 e. The van der Waals surface area contributed by atoms with Gasteiger partial charge in [0.25, 0.3) is 0 Å². The van der Waals surface area contributed by atoms with Gasteiger partial charge < -0.3 is 10.2 Å². The molecule has 0 unspecified atom stereocenters. The number of nitrogen functional groups attached to an aromatic ring is 1. The molecule has 0 saturated heterocycles. The molecule has 0 aliphatic rings. The van der Waals surface area contributed by atoms with Crippen LogP contribution in [0.25, 0.3) is 11.3 Å². The summed E-state index contributed by atoms with van der Waals surface area (Å²) in [4.78, 5) is 0. The van der Waals surface area contributed by atoms with Crippen molar-refractivity contribution in [2.45, 2.75) is 6.92 Å². The lowest BCUT2D eigenvalue weighted by Gasteiger charge is -2.06. The van der Waals surface area contributed by atoms with Crippen LogP contribution >= 0.6 is 0 Å². The fraction of sp³-hybridized carbons (Fsp3) is 0.167. The summed E-state index contributed by atoms with van der Waals surface area (Å²) in [6.07, 6.45) is 0. The van der Waals surface area contributed by atoms with Gasteiger partial charge in [0.2, 0.25) is 0 Å². The standard InChI is InChI=1S/C12H14N4O/c1-8-7-11(14-13)15-16-12(8)9-3-5-10(17-2)6-4-9/h3-7H,13H2,1-2H3,(H,14,15). The number of hydrogen-bond donors (Lipinski definition) is 2. The Balaban J connectivity index is 2.38. The number of nitrogens with one attached hydrogen (secondary N) is 1. The van der Waals surface area contributed by atoms with Gasteiger partial charge in [0, 0.05) is 5.56 Å². The molecule has 0 aliphatic carbocycles. The first kappa shape index (κ1) is 11.3. The third-order valence-corrected chi connectivity index (χ3v) is 2.50. The summed E-state index contributed by atoms with van der Waals surface area (Å²) in [5.41, 5.74) is 5.32. The van der Waals surface area contributed by atoms with E-state index in [1.165, 1.54) is 0 Å². The largest absolute Gasteiger partial charge is 0.497 e. The van der Waals surface area contributed by atoms with E-state index in [1.807, 2.05) is 37.3 Å². The molecule has 2 aromatic rings. The normalized spacial score (nSPS) is 10.1. The number of aromatic nitrogens is 2. The fourth-order valence-electron chi connectivity index (χ4n) is 1.59. The van der Waals surface area contributed by atoms with E-state index in [0.717, 1.165) is 22.6 Å². The molecular weight excluding hydrogens is 216 g/mol. The summed E-state index contributed by atoms with van der Waals surface area (Å²) in [5, 5.41) is 8.10. The summed E-state index contributed by atoms with van der Waals surface area (Å²) in [5.74, 6) is 6.65. The lowest BCUT2D eigenvalue weighted by Crippen LogP contribution is -2.09. The van der Waals surface area contributed by atoms with E-state index in [1.54, 1.807) is 7.11 Å². The second-order valence-electron chi connectivity index (χ2n) is 3.63. The van der Waals surface area contributed by atoms with Crippen LogP contribution in [0.15, 0.2) is 30.3 Å². The highest BCUT2D eigenvalue weighted by atomic mass is 16.5. The SMILES string of the molecule is COc1ccc(-c2nnc(NN)cc2C)cc1. The first-order valence-electron chi connectivity index (χ1n) is 5.20. The molecule has 0 spiro atoms. The maximum absolute atomic E-state index is 5.28. The van der Waals surface area contributed by atoms with E-state index in [4.69, 9.17) is 10.6 Å². The molecule has 0 aliphatic heterocycles.